The van der Waals surface area contributed by atoms with Crippen molar-refractivity contribution in [3.63, 3.8) is 0 Å². The summed E-state index contributed by atoms with van der Waals surface area (Å²) < 4.78 is 4.89. The Balaban J connectivity index is 2.98. The van der Waals surface area contributed by atoms with Crippen LogP contribution < -0.4 is 4.74 Å². The van der Waals surface area contributed by atoms with Gasteiger partial charge in [0.25, 0.3) is 0 Å². The SMILES string of the molecule is COc1cccc([C@H](O)CC(C)=O)c1O. The van der Waals surface area contributed by atoms with Gasteiger partial charge >= 0.3 is 0 Å². The van der Waals surface area contributed by atoms with Crippen LogP contribution in [0.2, 0.25) is 0 Å². The molecular formula is C11H14O4. The van der Waals surface area contributed by atoms with Gasteiger partial charge in [-0.25, -0.2) is 0 Å². The quantitative estimate of drug-likeness (QED) is 0.788. The molecule has 1 rings (SSSR count). The van der Waals surface area contributed by atoms with Crippen LogP contribution in [0.4, 0.5) is 0 Å². The van der Waals surface area contributed by atoms with E-state index in [1.807, 2.05) is 0 Å². The number of phenols is 1. The fraction of sp³-hybridized carbons (Fsp3) is 0.364. The van der Waals surface area contributed by atoms with Crippen LogP contribution in [-0.4, -0.2) is 23.1 Å². The number of carbonyl (C=O) groups is 1. The highest BCUT2D eigenvalue weighted by atomic mass is 16.5. The number of methoxy groups -OCH3 is 1. The number of aromatic hydroxyl groups is 1. The summed E-state index contributed by atoms with van der Waals surface area (Å²) in [5.74, 6) is 0.0357. The number of carbonyl (C=O) groups excluding carboxylic acids is 1. The second kappa shape index (κ2) is 4.79. The van der Waals surface area contributed by atoms with Crippen molar-refractivity contribution < 1.29 is 19.7 Å². The molecule has 0 aliphatic heterocycles. The number of phenolic OH excluding ortho intramolecular Hbond substituents is 1. The zero-order chi connectivity index (χ0) is 11.4. The van der Waals surface area contributed by atoms with Crippen LogP contribution in [0.3, 0.4) is 0 Å². The van der Waals surface area contributed by atoms with E-state index in [1.54, 1.807) is 18.2 Å². The summed E-state index contributed by atoms with van der Waals surface area (Å²) in [5, 5.41) is 19.3. The molecule has 0 spiro atoms. The minimum atomic E-state index is -0.988. The van der Waals surface area contributed by atoms with Crippen molar-refractivity contribution >= 4 is 5.78 Å². The van der Waals surface area contributed by atoms with Gasteiger partial charge in [-0.1, -0.05) is 12.1 Å². The lowest BCUT2D eigenvalue weighted by Crippen LogP contribution is -2.03. The molecule has 4 nitrogen and oxygen atoms in total. The number of para-hydroxylation sites is 1. The van der Waals surface area contributed by atoms with E-state index in [1.165, 1.54) is 14.0 Å². The standard InChI is InChI=1S/C11H14O4/c1-7(12)6-9(13)8-4-3-5-10(15-2)11(8)14/h3-5,9,13-14H,6H2,1-2H3/t9-/m1/s1. The molecule has 2 N–H and O–H groups in total. The van der Waals surface area contributed by atoms with Crippen LogP contribution in [0.25, 0.3) is 0 Å². The molecule has 4 heteroatoms. The number of rotatable bonds is 4. The Morgan fingerprint density at radius 1 is 1.53 bits per heavy atom. The number of aliphatic hydroxyl groups is 1. The van der Waals surface area contributed by atoms with Gasteiger partial charge in [-0.15, -0.1) is 0 Å². The molecule has 0 fully saturated rings. The van der Waals surface area contributed by atoms with Gasteiger partial charge in [0.1, 0.15) is 5.78 Å². The summed E-state index contributed by atoms with van der Waals surface area (Å²) in [5.41, 5.74) is 0.310. The maximum atomic E-state index is 10.8. The van der Waals surface area contributed by atoms with Crippen LogP contribution in [0, 0.1) is 0 Å². The highest BCUT2D eigenvalue weighted by Gasteiger charge is 2.16. The van der Waals surface area contributed by atoms with Crippen molar-refractivity contribution in [1.82, 2.24) is 0 Å². The largest absolute Gasteiger partial charge is 0.504 e. The van der Waals surface area contributed by atoms with Crippen molar-refractivity contribution in [2.24, 2.45) is 0 Å². The first-order valence-electron chi connectivity index (χ1n) is 4.59. The Morgan fingerprint density at radius 3 is 2.73 bits per heavy atom. The Morgan fingerprint density at radius 2 is 2.20 bits per heavy atom. The average molecular weight is 210 g/mol. The van der Waals surface area contributed by atoms with Gasteiger partial charge in [-0.05, 0) is 13.0 Å². The Bertz CT molecular complexity index is 360. The Labute approximate surface area is 88.1 Å². The number of aliphatic hydroxyl groups excluding tert-OH is 1. The van der Waals surface area contributed by atoms with E-state index >= 15 is 0 Å². The van der Waals surface area contributed by atoms with Gasteiger partial charge in [0.2, 0.25) is 0 Å². The average Bonchev–Trinajstić information content (AvgIpc) is 2.17. The van der Waals surface area contributed by atoms with E-state index in [0.29, 0.717) is 5.56 Å². The van der Waals surface area contributed by atoms with E-state index in [2.05, 4.69) is 0 Å². The lowest BCUT2D eigenvalue weighted by Gasteiger charge is -2.13. The molecule has 0 saturated carbocycles. The summed E-state index contributed by atoms with van der Waals surface area (Å²) in [6.07, 6.45) is -1.00. The fourth-order valence-electron chi connectivity index (χ4n) is 1.36. The lowest BCUT2D eigenvalue weighted by molar-refractivity contribution is -0.118. The third-order valence-corrected chi connectivity index (χ3v) is 2.09. The van der Waals surface area contributed by atoms with E-state index in [-0.39, 0.29) is 23.7 Å². The molecule has 0 radical (unpaired) electrons. The predicted molar refractivity (Wildman–Crippen MR) is 54.9 cm³/mol. The molecule has 1 aromatic carbocycles. The normalized spacial score (nSPS) is 12.2. The van der Waals surface area contributed by atoms with Crippen molar-refractivity contribution in [3.05, 3.63) is 23.8 Å². The number of hydrogen-bond acceptors (Lipinski definition) is 4. The van der Waals surface area contributed by atoms with Crippen molar-refractivity contribution in [2.45, 2.75) is 19.4 Å². The first-order chi connectivity index (χ1) is 7.06. The first kappa shape index (κ1) is 11.5. The van der Waals surface area contributed by atoms with Crippen molar-refractivity contribution in [1.29, 1.82) is 0 Å². The van der Waals surface area contributed by atoms with Crippen LogP contribution in [-0.2, 0) is 4.79 Å². The Hall–Kier alpha value is -1.55. The summed E-state index contributed by atoms with van der Waals surface area (Å²) in [6.45, 7) is 1.39. The topological polar surface area (TPSA) is 66.8 Å². The molecule has 0 unspecified atom stereocenters. The zero-order valence-corrected chi connectivity index (χ0v) is 8.73. The number of ketones is 1. The molecule has 82 valence electrons. The van der Waals surface area contributed by atoms with Crippen LogP contribution >= 0.6 is 0 Å². The minimum Gasteiger partial charge on any atom is -0.504 e. The molecule has 0 amide bonds. The molecule has 0 aliphatic rings. The van der Waals surface area contributed by atoms with E-state index in [9.17, 15) is 15.0 Å². The third-order valence-electron chi connectivity index (χ3n) is 2.09. The number of benzene rings is 1. The third kappa shape index (κ3) is 2.70. The van der Waals surface area contributed by atoms with Crippen LogP contribution in [0.15, 0.2) is 18.2 Å². The molecule has 0 saturated heterocycles. The van der Waals surface area contributed by atoms with Gasteiger partial charge in [-0.3, -0.25) is 4.79 Å². The summed E-state index contributed by atoms with van der Waals surface area (Å²) in [6, 6.07) is 4.79. The monoisotopic (exact) mass is 210 g/mol. The van der Waals surface area contributed by atoms with Crippen LogP contribution in [0.1, 0.15) is 25.0 Å². The lowest BCUT2D eigenvalue weighted by atomic mass is 10.0. The van der Waals surface area contributed by atoms with Gasteiger partial charge in [0, 0.05) is 12.0 Å². The highest BCUT2D eigenvalue weighted by Crippen LogP contribution is 2.34. The molecular weight excluding hydrogens is 196 g/mol. The van der Waals surface area contributed by atoms with Crippen molar-refractivity contribution in [2.75, 3.05) is 7.11 Å². The van der Waals surface area contributed by atoms with E-state index < -0.39 is 6.10 Å². The maximum absolute atomic E-state index is 10.8. The zero-order valence-electron chi connectivity index (χ0n) is 8.73. The molecule has 15 heavy (non-hydrogen) atoms. The van der Waals surface area contributed by atoms with Crippen molar-refractivity contribution in [3.8, 4) is 11.5 Å². The summed E-state index contributed by atoms with van der Waals surface area (Å²) in [4.78, 5) is 10.8. The smallest absolute Gasteiger partial charge is 0.163 e. The molecule has 0 aromatic heterocycles. The van der Waals surface area contributed by atoms with Gasteiger partial charge < -0.3 is 14.9 Å². The highest BCUT2D eigenvalue weighted by molar-refractivity contribution is 5.76. The second-order valence-corrected chi connectivity index (χ2v) is 3.32. The van der Waals surface area contributed by atoms with E-state index in [0.717, 1.165) is 0 Å². The molecule has 0 bridgehead atoms. The number of Topliss-reactive ketones (excluding diaryl/α,β-unsaturated/α-hetero) is 1. The first-order valence-corrected chi connectivity index (χ1v) is 4.59. The van der Waals surface area contributed by atoms with Gasteiger partial charge in [0.15, 0.2) is 11.5 Å². The maximum Gasteiger partial charge on any atom is 0.163 e. The Kier molecular flexibility index (Phi) is 3.68. The fourth-order valence-corrected chi connectivity index (χ4v) is 1.36. The molecule has 1 aromatic rings. The second-order valence-electron chi connectivity index (χ2n) is 3.32. The number of ether oxygens (including phenoxy) is 1. The van der Waals surface area contributed by atoms with Crippen LogP contribution in [0.5, 0.6) is 11.5 Å². The predicted octanol–water partition coefficient (Wildman–Crippen LogP) is 1.41. The summed E-state index contributed by atoms with van der Waals surface area (Å²) >= 11 is 0. The summed E-state index contributed by atoms with van der Waals surface area (Å²) in [7, 11) is 1.43. The molecule has 0 aliphatic carbocycles. The van der Waals surface area contributed by atoms with E-state index in [4.69, 9.17) is 4.74 Å². The molecule has 1 atom stereocenters. The van der Waals surface area contributed by atoms with Gasteiger partial charge in [-0.2, -0.15) is 0 Å². The van der Waals surface area contributed by atoms with Gasteiger partial charge in [0.05, 0.1) is 13.2 Å². The number of hydrogen-bond donors (Lipinski definition) is 2. The molecule has 0 heterocycles. The minimum absolute atomic E-state index is 0.0132.